The number of fused-ring (bicyclic) bond motifs is 1. The number of aliphatic carboxylic acids is 2. The van der Waals surface area contributed by atoms with Crippen LogP contribution in [-0.2, 0) is 35.4 Å². The topological polar surface area (TPSA) is 282 Å². The Labute approximate surface area is 263 Å². The van der Waals surface area contributed by atoms with Crippen LogP contribution in [0, 0.1) is 0 Å². The highest BCUT2D eigenvalue weighted by Gasteiger charge is 2.54. The number of carbonyl (C=O) groups excluding carboxylic acids is 3. The van der Waals surface area contributed by atoms with Gasteiger partial charge in [-0.2, -0.15) is 0 Å². The number of nitrogen functional groups attached to an aromatic ring is 2. The van der Waals surface area contributed by atoms with Crippen molar-refractivity contribution in [3.63, 3.8) is 0 Å². The molecule has 18 nitrogen and oxygen atoms in total. The third-order valence-corrected chi connectivity index (χ3v) is 8.33. The second-order valence-corrected chi connectivity index (χ2v) is 12.0. The van der Waals surface area contributed by atoms with Gasteiger partial charge in [0.2, 0.25) is 11.5 Å². The van der Waals surface area contributed by atoms with Crippen molar-refractivity contribution in [3.8, 4) is 0 Å². The first-order valence-corrected chi connectivity index (χ1v) is 14.9. The average molecular weight is 662 g/mol. The van der Waals surface area contributed by atoms with Crippen LogP contribution in [0.2, 0.25) is 0 Å². The van der Waals surface area contributed by atoms with E-state index in [2.05, 4.69) is 25.8 Å². The first kappa shape index (κ1) is 32.8. The number of hydrogen-bond donors (Lipinski definition) is 7. The summed E-state index contributed by atoms with van der Waals surface area (Å²) in [6.45, 7) is 2.44. The SMILES string of the molecule is CC(C)(ON=C(C(=O)NC1C(=O)N2C(C(=O)O)=C(C=CC[n+]3cnc(N)c(NC(=O)CN)c3)CSC12)c1csc(N)n1)C(=O)O. The number of oxime groups is 1. The van der Waals surface area contributed by atoms with Gasteiger partial charge in [-0.25, -0.2) is 19.1 Å². The second kappa shape index (κ2) is 13.3. The zero-order chi connectivity index (χ0) is 33.1. The molecule has 45 heavy (non-hydrogen) atoms. The van der Waals surface area contributed by atoms with Crippen molar-refractivity contribution in [1.82, 2.24) is 20.2 Å². The summed E-state index contributed by atoms with van der Waals surface area (Å²) in [4.78, 5) is 75.9. The zero-order valence-electron chi connectivity index (χ0n) is 23.8. The third kappa shape index (κ3) is 7.19. The number of nitrogens with one attached hydrogen (secondary N) is 2. The van der Waals surface area contributed by atoms with E-state index in [9.17, 15) is 34.2 Å². The standard InChI is InChI=1S/C25H28N10O8S2/c1-25(2,23(41)42)43-33-15(13-9-45-24(28)31-13)19(37)32-16-20(38)35-17(22(39)40)11(8-44-21(16)35)4-3-5-34-7-12(18(27)29-10-34)30-14(36)6-26/h3-4,7,9-10,16,21,27H,5-6,8,26H2,1-2H3,(H6,28,30,31,32,36,37,39,40,41,42)/p+1. The summed E-state index contributed by atoms with van der Waals surface area (Å²) in [6.07, 6.45) is 6.17. The molecule has 2 aliphatic rings. The molecule has 0 aromatic carbocycles. The van der Waals surface area contributed by atoms with E-state index in [1.807, 2.05) is 0 Å². The highest BCUT2D eigenvalue weighted by atomic mass is 32.2. The van der Waals surface area contributed by atoms with E-state index < -0.39 is 52.4 Å². The van der Waals surface area contributed by atoms with Crippen molar-refractivity contribution in [2.45, 2.75) is 37.4 Å². The number of thioether (sulfide) groups is 1. The highest BCUT2D eigenvalue weighted by Crippen LogP contribution is 2.40. The van der Waals surface area contributed by atoms with Crippen LogP contribution >= 0.6 is 23.1 Å². The van der Waals surface area contributed by atoms with Gasteiger partial charge in [-0.05, 0) is 30.5 Å². The minimum atomic E-state index is -1.79. The Morgan fingerprint density at radius 3 is 2.64 bits per heavy atom. The molecule has 2 aromatic rings. The molecule has 1 saturated heterocycles. The van der Waals surface area contributed by atoms with E-state index in [0.717, 1.165) is 16.2 Å². The number of thiazole rings is 1. The van der Waals surface area contributed by atoms with Crippen LogP contribution < -0.4 is 32.4 Å². The summed E-state index contributed by atoms with van der Waals surface area (Å²) in [6, 6.07) is -1.12. The molecule has 3 amide bonds. The van der Waals surface area contributed by atoms with E-state index in [1.165, 1.54) is 43.5 Å². The lowest BCUT2D eigenvalue weighted by atomic mass is 10.0. The summed E-state index contributed by atoms with van der Waals surface area (Å²) in [7, 11) is 0. The van der Waals surface area contributed by atoms with Crippen LogP contribution in [0.25, 0.3) is 0 Å². The van der Waals surface area contributed by atoms with Crippen molar-refractivity contribution in [1.29, 1.82) is 0 Å². The molecule has 2 aliphatic heterocycles. The Morgan fingerprint density at radius 1 is 1.29 bits per heavy atom. The molecule has 2 unspecified atom stereocenters. The van der Waals surface area contributed by atoms with Crippen molar-refractivity contribution in [2.75, 3.05) is 29.1 Å². The van der Waals surface area contributed by atoms with Crippen LogP contribution in [-0.4, -0.2) is 89.8 Å². The Morgan fingerprint density at radius 2 is 2.02 bits per heavy atom. The van der Waals surface area contributed by atoms with E-state index in [1.54, 1.807) is 16.7 Å². The summed E-state index contributed by atoms with van der Waals surface area (Å²) in [5.74, 6) is -4.42. The molecule has 2 atom stereocenters. The van der Waals surface area contributed by atoms with Crippen LogP contribution in [0.15, 0.2) is 46.5 Å². The van der Waals surface area contributed by atoms with Gasteiger partial charge in [0.15, 0.2) is 16.5 Å². The molecule has 1 fully saturated rings. The maximum atomic E-state index is 13.2. The molecule has 0 saturated carbocycles. The van der Waals surface area contributed by atoms with Gasteiger partial charge in [-0.15, -0.1) is 23.1 Å². The van der Waals surface area contributed by atoms with Gasteiger partial charge in [-0.3, -0.25) is 19.3 Å². The van der Waals surface area contributed by atoms with Crippen LogP contribution in [0.4, 0.5) is 16.6 Å². The zero-order valence-corrected chi connectivity index (χ0v) is 25.4. The predicted molar refractivity (Wildman–Crippen MR) is 161 cm³/mol. The number of β-lactam (4-membered cyclic amide) rings is 1. The third-order valence-electron chi connectivity index (χ3n) is 6.36. The smallest absolute Gasteiger partial charge is 0.352 e. The lowest BCUT2D eigenvalue weighted by molar-refractivity contribution is -0.689. The van der Waals surface area contributed by atoms with E-state index in [-0.39, 0.29) is 46.9 Å². The van der Waals surface area contributed by atoms with Gasteiger partial charge in [0, 0.05) is 11.1 Å². The maximum Gasteiger partial charge on any atom is 0.352 e. The Kier molecular flexibility index (Phi) is 9.69. The number of hydrogen-bond acceptors (Lipinski definition) is 14. The van der Waals surface area contributed by atoms with Gasteiger partial charge < -0.3 is 42.9 Å². The van der Waals surface area contributed by atoms with Crippen LogP contribution in [0.5, 0.6) is 0 Å². The first-order valence-electron chi connectivity index (χ1n) is 13.0. The van der Waals surface area contributed by atoms with Gasteiger partial charge in [0.25, 0.3) is 24.0 Å². The minimum Gasteiger partial charge on any atom is -0.478 e. The Bertz CT molecular complexity index is 1650. The lowest BCUT2D eigenvalue weighted by Gasteiger charge is -2.49. The van der Waals surface area contributed by atoms with Gasteiger partial charge in [0.05, 0.1) is 6.54 Å². The molecule has 2 aromatic heterocycles. The second-order valence-electron chi connectivity index (χ2n) is 9.98. The van der Waals surface area contributed by atoms with E-state index >= 15 is 0 Å². The van der Waals surface area contributed by atoms with Crippen molar-refractivity contribution in [2.24, 2.45) is 10.9 Å². The minimum absolute atomic E-state index is 0.00212. The number of carbonyl (C=O) groups is 5. The molecule has 10 N–H and O–H groups in total. The number of nitrogens with two attached hydrogens (primary N) is 3. The Balaban J connectivity index is 1.50. The number of anilines is 3. The van der Waals surface area contributed by atoms with Crippen molar-refractivity contribution < 1.29 is 43.6 Å². The molecule has 0 spiro atoms. The molecule has 0 aliphatic carbocycles. The normalized spacial score (nSPS) is 18.3. The highest BCUT2D eigenvalue weighted by molar-refractivity contribution is 8.00. The van der Waals surface area contributed by atoms with Crippen molar-refractivity contribution >= 4 is 75.1 Å². The molecule has 4 rings (SSSR count). The van der Waals surface area contributed by atoms with Gasteiger partial charge in [-0.1, -0.05) is 11.2 Å². The average Bonchev–Trinajstić information content (AvgIpc) is 3.42. The fraction of sp³-hybridized carbons (Fsp3) is 0.320. The predicted octanol–water partition coefficient (Wildman–Crippen LogP) is -1.53. The van der Waals surface area contributed by atoms with Crippen LogP contribution in [0.3, 0.4) is 0 Å². The number of carboxylic acids is 2. The maximum absolute atomic E-state index is 13.2. The fourth-order valence-corrected chi connectivity index (χ4v) is 5.83. The summed E-state index contributed by atoms with van der Waals surface area (Å²) < 4.78 is 1.59. The fourth-order valence-electron chi connectivity index (χ4n) is 3.97. The largest absolute Gasteiger partial charge is 0.478 e. The molecule has 238 valence electrons. The number of allylic oxidation sites excluding steroid dienone is 2. The number of nitrogens with zero attached hydrogens (tertiary/aromatic N) is 5. The van der Waals surface area contributed by atoms with E-state index in [0.29, 0.717) is 5.57 Å². The monoisotopic (exact) mass is 661 g/mol. The summed E-state index contributed by atoms with van der Waals surface area (Å²) in [5.41, 5.74) is 15.0. The van der Waals surface area contributed by atoms with Gasteiger partial charge in [0.1, 0.15) is 35.5 Å². The van der Waals surface area contributed by atoms with Gasteiger partial charge >= 0.3 is 11.9 Å². The van der Waals surface area contributed by atoms with Crippen molar-refractivity contribution in [3.05, 3.63) is 47.0 Å². The summed E-state index contributed by atoms with van der Waals surface area (Å²) >= 11 is 2.24. The van der Waals surface area contributed by atoms with Crippen LogP contribution in [0.1, 0.15) is 19.5 Å². The molecule has 0 radical (unpaired) electrons. The molecular weight excluding hydrogens is 632 g/mol. The summed E-state index contributed by atoms with van der Waals surface area (Å²) in [5, 5.41) is 28.8. The number of rotatable bonds is 12. The van der Waals surface area contributed by atoms with E-state index in [4.69, 9.17) is 22.0 Å². The molecular formula is C25H29N10O8S2+. The Hall–Kier alpha value is -5.08. The molecule has 0 bridgehead atoms. The molecule has 20 heteroatoms. The molecule has 4 heterocycles. The number of amides is 3. The number of aromatic nitrogens is 3. The lowest BCUT2D eigenvalue weighted by Crippen LogP contribution is -2.71. The quantitative estimate of drug-likeness (QED) is 0.0588. The number of carboxylic acid groups (broad SMARTS) is 2. The first-order chi connectivity index (χ1) is 21.2.